The topological polar surface area (TPSA) is 78.5 Å². The Morgan fingerprint density at radius 1 is 1.10 bits per heavy atom. The Morgan fingerprint density at radius 2 is 1.73 bits per heavy atom. The average molecular weight is 428 g/mol. The van der Waals surface area contributed by atoms with Gasteiger partial charge < -0.3 is 10.6 Å². The van der Waals surface area contributed by atoms with Crippen LogP contribution in [0.1, 0.15) is 49.9 Å². The molecule has 0 bridgehead atoms. The first-order valence-electron chi connectivity index (χ1n) is 10.1. The standard InChI is InChI=1S/C23H26ClN3O3/c1-4-16-6-8-17(9-7-16)15(3)25-20(28)14-27-21(29)23(5-2,26-22(27)30)18-10-12-19(24)13-11-18/h6-13,15H,4-5,14H2,1-3H3,(H,25,28)(H,26,30). The molecular formula is C23H26ClN3O3. The van der Waals surface area contributed by atoms with Crippen molar-refractivity contribution in [1.29, 1.82) is 0 Å². The summed E-state index contributed by atoms with van der Waals surface area (Å²) >= 11 is 5.95. The molecule has 1 saturated heterocycles. The lowest BCUT2D eigenvalue weighted by molar-refractivity contribution is -0.135. The minimum absolute atomic E-state index is 0.239. The smallest absolute Gasteiger partial charge is 0.325 e. The van der Waals surface area contributed by atoms with E-state index in [0.29, 0.717) is 17.0 Å². The van der Waals surface area contributed by atoms with Gasteiger partial charge in [-0.1, -0.05) is 61.8 Å². The molecule has 3 rings (SSSR count). The number of urea groups is 1. The Kier molecular flexibility index (Phi) is 6.46. The number of nitrogens with zero attached hydrogens (tertiary/aromatic N) is 1. The van der Waals surface area contributed by atoms with Crippen molar-refractivity contribution < 1.29 is 14.4 Å². The summed E-state index contributed by atoms with van der Waals surface area (Å²) < 4.78 is 0. The predicted octanol–water partition coefficient (Wildman–Crippen LogP) is 3.94. The predicted molar refractivity (Wildman–Crippen MR) is 116 cm³/mol. The van der Waals surface area contributed by atoms with E-state index < -0.39 is 23.4 Å². The number of aryl methyl sites for hydroxylation is 1. The molecule has 2 atom stereocenters. The summed E-state index contributed by atoms with van der Waals surface area (Å²) in [6, 6.07) is 14.0. The molecular weight excluding hydrogens is 402 g/mol. The maximum Gasteiger partial charge on any atom is 0.325 e. The van der Waals surface area contributed by atoms with E-state index in [9.17, 15) is 14.4 Å². The Labute approximate surface area is 181 Å². The molecule has 2 aromatic carbocycles. The molecule has 1 heterocycles. The minimum atomic E-state index is -1.19. The molecule has 6 nitrogen and oxygen atoms in total. The lowest BCUT2D eigenvalue weighted by Crippen LogP contribution is -2.45. The van der Waals surface area contributed by atoms with E-state index >= 15 is 0 Å². The van der Waals surface area contributed by atoms with E-state index in [1.54, 1.807) is 24.3 Å². The molecule has 0 saturated carbocycles. The molecule has 2 unspecified atom stereocenters. The minimum Gasteiger partial charge on any atom is -0.348 e. The molecule has 0 aliphatic carbocycles. The number of nitrogens with one attached hydrogen (secondary N) is 2. The van der Waals surface area contributed by atoms with Crippen LogP contribution in [0.15, 0.2) is 48.5 Å². The fraction of sp³-hybridized carbons (Fsp3) is 0.348. The van der Waals surface area contributed by atoms with Gasteiger partial charge in [0.15, 0.2) is 0 Å². The van der Waals surface area contributed by atoms with E-state index in [0.717, 1.165) is 16.9 Å². The van der Waals surface area contributed by atoms with Gasteiger partial charge in [-0.2, -0.15) is 0 Å². The summed E-state index contributed by atoms with van der Waals surface area (Å²) in [5.41, 5.74) is 1.63. The van der Waals surface area contributed by atoms with Crippen molar-refractivity contribution in [3.63, 3.8) is 0 Å². The number of carbonyl (C=O) groups is 3. The molecule has 0 aromatic heterocycles. The highest BCUT2D eigenvalue weighted by atomic mass is 35.5. The zero-order valence-corrected chi connectivity index (χ0v) is 18.1. The number of benzene rings is 2. The highest BCUT2D eigenvalue weighted by Crippen LogP contribution is 2.33. The van der Waals surface area contributed by atoms with Gasteiger partial charge in [-0.05, 0) is 48.6 Å². The Balaban J connectivity index is 1.71. The second-order valence-corrected chi connectivity index (χ2v) is 7.91. The fourth-order valence-electron chi connectivity index (χ4n) is 3.70. The maximum absolute atomic E-state index is 13.1. The van der Waals surface area contributed by atoms with Crippen LogP contribution in [0.2, 0.25) is 5.02 Å². The number of hydrogen-bond donors (Lipinski definition) is 2. The van der Waals surface area contributed by atoms with Gasteiger partial charge in [0.25, 0.3) is 5.91 Å². The average Bonchev–Trinajstić information content (AvgIpc) is 2.99. The Hall–Kier alpha value is -2.86. The fourth-order valence-corrected chi connectivity index (χ4v) is 3.83. The van der Waals surface area contributed by atoms with Crippen molar-refractivity contribution >= 4 is 29.4 Å². The number of imide groups is 1. The SMILES string of the molecule is CCc1ccc(C(C)NC(=O)CN2C(=O)NC(CC)(c3ccc(Cl)cc3)C2=O)cc1. The monoisotopic (exact) mass is 427 g/mol. The van der Waals surface area contributed by atoms with Gasteiger partial charge in [-0.3, -0.25) is 14.5 Å². The van der Waals surface area contributed by atoms with Gasteiger partial charge >= 0.3 is 6.03 Å². The van der Waals surface area contributed by atoms with Crippen molar-refractivity contribution in [1.82, 2.24) is 15.5 Å². The molecule has 2 aromatic rings. The summed E-state index contributed by atoms with van der Waals surface area (Å²) in [7, 11) is 0. The van der Waals surface area contributed by atoms with Crippen molar-refractivity contribution in [3.8, 4) is 0 Å². The maximum atomic E-state index is 13.1. The van der Waals surface area contributed by atoms with E-state index in [4.69, 9.17) is 11.6 Å². The van der Waals surface area contributed by atoms with Gasteiger partial charge in [-0.15, -0.1) is 0 Å². The highest BCUT2D eigenvalue weighted by molar-refractivity contribution is 6.30. The van der Waals surface area contributed by atoms with E-state index in [1.165, 1.54) is 5.56 Å². The van der Waals surface area contributed by atoms with Gasteiger partial charge in [0.2, 0.25) is 5.91 Å². The number of hydrogen-bond acceptors (Lipinski definition) is 3. The molecule has 1 fully saturated rings. The molecule has 158 valence electrons. The summed E-state index contributed by atoms with van der Waals surface area (Å²) in [4.78, 5) is 39.2. The largest absolute Gasteiger partial charge is 0.348 e. The Bertz CT molecular complexity index is 943. The van der Waals surface area contributed by atoms with E-state index in [1.807, 2.05) is 38.1 Å². The Morgan fingerprint density at radius 3 is 2.30 bits per heavy atom. The third-order valence-corrected chi connectivity index (χ3v) is 5.86. The third kappa shape index (κ3) is 4.19. The zero-order valence-electron chi connectivity index (χ0n) is 17.4. The van der Waals surface area contributed by atoms with Crippen LogP contribution in [-0.4, -0.2) is 29.3 Å². The van der Waals surface area contributed by atoms with Crippen molar-refractivity contribution in [2.24, 2.45) is 0 Å². The van der Waals surface area contributed by atoms with E-state index in [-0.39, 0.29) is 12.6 Å². The summed E-state index contributed by atoms with van der Waals surface area (Å²) in [6.45, 7) is 5.43. The van der Waals surface area contributed by atoms with Crippen LogP contribution < -0.4 is 10.6 Å². The van der Waals surface area contributed by atoms with Crippen LogP contribution in [0.4, 0.5) is 4.79 Å². The first-order valence-corrected chi connectivity index (χ1v) is 10.5. The number of rotatable bonds is 7. The molecule has 4 amide bonds. The lowest BCUT2D eigenvalue weighted by Gasteiger charge is -2.26. The lowest BCUT2D eigenvalue weighted by atomic mass is 9.87. The first-order chi connectivity index (χ1) is 14.3. The normalized spacial score (nSPS) is 19.5. The number of amides is 4. The van der Waals surface area contributed by atoms with Gasteiger partial charge in [0.1, 0.15) is 12.1 Å². The van der Waals surface area contributed by atoms with Crippen molar-refractivity contribution in [2.75, 3.05) is 6.54 Å². The quantitative estimate of drug-likeness (QED) is 0.657. The number of carbonyl (C=O) groups excluding carboxylic acids is 3. The molecule has 0 radical (unpaired) electrons. The summed E-state index contributed by atoms with van der Waals surface area (Å²) in [6.07, 6.45) is 1.30. The summed E-state index contributed by atoms with van der Waals surface area (Å²) in [5.74, 6) is -0.832. The second-order valence-electron chi connectivity index (χ2n) is 7.47. The molecule has 1 aliphatic rings. The first kappa shape index (κ1) is 21.8. The van der Waals surface area contributed by atoms with Crippen LogP contribution >= 0.6 is 11.6 Å². The number of halogens is 1. The third-order valence-electron chi connectivity index (χ3n) is 5.61. The molecule has 7 heteroatoms. The van der Waals surface area contributed by atoms with Gasteiger partial charge in [0.05, 0.1) is 6.04 Å². The molecule has 1 aliphatic heterocycles. The van der Waals surface area contributed by atoms with Crippen LogP contribution in [0.25, 0.3) is 0 Å². The molecule has 0 spiro atoms. The zero-order chi connectivity index (χ0) is 21.9. The second kappa shape index (κ2) is 8.88. The van der Waals surface area contributed by atoms with Gasteiger partial charge in [0, 0.05) is 5.02 Å². The molecule has 2 N–H and O–H groups in total. The van der Waals surface area contributed by atoms with Crippen LogP contribution in [0.3, 0.4) is 0 Å². The summed E-state index contributed by atoms with van der Waals surface area (Å²) in [5, 5.41) is 6.17. The van der Waals surface area contributed by atoms with Gasteiger partial charge in [-0.25, -0.2) is 4.79 Å². The van der Waals surface area contributed by atoms with Crippen molar-refractivity contribution in [2.45, 2.75) is 45.2 Å². The van der Waals surface area contributed by atoms with Crippen LogP contribution in [-0.2, 0) is 21.5 Å². The highest BCUT2D eigenvalue weighted by Gasteiger charge is 2.51. The van der Waals surface area contributed by atoms with Crippen LogP contribution in [0, 0.1) is 0 Å². The van der Waals surface area contributed by atoms with Crippen LogP contribution in [0.5, 0.6) is 0 Å². The van der Waals surface area contributed by atoms with Crippen molar-refractivity contribution in [3.05, 3.63) is 70.2 Å². The van der Waals surface area contributed by atoms with E-state index in [2.05, 4.69) is 17.6 Å². The molecule has 30 heavy (non-hydrogen) atoms.